The molecular weight excluding hydrogens is 288 g/mol. The van der Waals surface area contributed by atoms with Gasteiger partial charge < -0.3 is 4.74 Å². The topological polar surface area (TPSA) is 43.4 Å². The number of fused-ring (bicyclic) bond motifs is 1. The van der Waals surface area contributed by atoms with Crippen LogP contribution in [0.25, 0.3) is 6.08 Å². The molecule has 0 unspecified atom stereocenters. The van der Waals surface area contributed by atoms with Crippen LogP contribution < -0.4 is 0 Å². The number of ketones is 1. The van der Waals surface area contributed by atoms with Crippen LogP contribution in [0.1, 0.15) is 51.6 Å². The molecule has 0 aliphatic carbocycles. The maximum atomic E-state index is 12.5. The number of Topliss-reactive ketones (excluding diaryl/α,β-unsaturated/α-hetero) is 1. The van der Waals surface area contributed by atoms with Gasteiger partial charge in [-0.2, -0.15) is 0 Å². The molecule has 1 aliphatic heterocycles. The second kappa shape index (κ2) is 6.61. The summed E-state index contributed by atoms with van der Waals surface area (Å²) < 4.78 is 5.26. The molecule has 23 heavy (non-hydrogen) atoms. The highest BCUT2D eigenvalue weighted by Gasteiger charge is 2.29. The summed E-state index contributed by atoms with van der Waals surface area (Å²) in [6.07, 6.45) is 4.65. The van der Waals surface area contributed by atoms with Crippen LogP contribution in [0.15, 0.2) is 54.3 Å². The lowest BCUT2D eigenvalue weighted by molar-refractivity contribution is 0.0567. The number of cyclic esters (lactones) is 1. The van der Waals surface area contributed by atoms with Crippen LogP contribution in [-0.4, -0.2) is 11.8 Å². The van der Waals surface area contributed by atoms with Crippen molar-refractivity contribution in [1.82, 2.24) is 0 Å². The smallest absolute Gasteiger partial charge is 0.344 e. The predicted molar refractivity (Wildman–Crippen MR) is 89.2 cm³/mol. The largest absolute Gasteiger partial charge is 0.419 e. The lowest BCUT2D eigenvalue weighted by Gasteiger charge is -2.18. The van der Waals surface area contributed by atoms with Crippen LogP contribution in [0.2, 0.25) is 0 Å². The number of unbranched alkanes of at least 4 members (excludes halogenated alkanes) is 1. The van der Waals surface area contributed by atoms with Gasteiger partial charge in [-0.3, -0.25) is 4.79 Å². The SMILES string of the molecule is CCCCc1ccc2c(c1)C(=O)O/C(=C\c1ccccc1)C2=O. The molecule has 1 heterocycles. The number of ether oxygens (including phenoxy) is 1. The lowest BCUT2D eigenvalue weighted by Crippen LogP contribution is -2.22. The summed E-state index contributed by atoms with van der Waals surface area (Å²) in [4.78, 5) is 24.8. The molecule has 0 bridgehead atoms. The fourth-order valence-corrected chi connectivity index (χ4v) is 2.62. The molecule has 0 saturated heterocycles. The lowest BCUT2D eigenvalue weighted by atomic mass is 9.95. The molecule has 116 valence electrons. The number of aryl methyl sites for hydroxylation is 1. The minimum atomic E-state index is -0.458. The molecule has 0 saturated carbocycles. The molecule has 3 nitrogen and oxygen atoms in total. The van der Waals surface area contributed by atoms with Crippen LogP contribution in [0.3, 0.4) is 0 Å². The Bertz CT molecular complexity index is 773. The Morgan fingerprint density at radius 3 is 2.52 bits per heavy atom. The summed E-state index contributed by atoms with van der Waals surface area (Å²) in [5.41, 5.74) is 2.68. The van der Waals surface area contributed by atoms with Gasteiger partial charge in [0.1, 0.15) is 0 Å². The second-order valence-electron chi connectivity index (χ2n) is 5.62. The monoisotopic (exact) mass is 306 g/mol. The molecule has 1 aliphatic rings. The fourth-order valence-electron chi connectivity index (χ4n) is 2.62. The Morgan fingerprint density at radius 2 is 1.78 bits per heavy atom. The van der Waals surface area contributed by atoms with E-state index in [1.807, 2.05) is 36.4 Å². The summed E-state index contributed by atoms with van der Waals surface area (Å²) in [6, 6.07) is 14.8. The van der Waals surface area contributed by atoms with Crippen molar-refractivity contribution < 1.29 is 14.3 Å². The number of carbonyl (C=O) groups is 2. The summed E-state index contributed by atoms with van der Waals surface area (Å²) in [5.74, 6) is -0.624. The van der Waals surface area contributed by atoms with Gasteiger partial charge >= 0.3 is 5.97 Å². The first-order valence-corrected chi connectivity index (χ1v) is 7.85. The number of benzene rings is 2. The van der Waals surface area contributed by atoms with Crippen LogP contribution in [0.4, 0.5) is 0 Å². The van der Waals surface area contributed by atoms with E-state index < -0.39 is 5.97 Å². The Hall–Kier alpha value is -2.68. The highest BCUT2D eigenvalue weighted by Crippen LogP contribution is 2.26. The first-order chi connectivity index (χ1) is 11.2. The third-order valence-corrected chi connectivity index (χ3v) is 3.89. The summed E-state index contributed by atoms with van der Waals surface area (Å²) in [5, 5.41) is 0. The highest BCUT2D eigenvalue weighted by molar-refractivity contribution is 6.19. The Labute approximate surface area is 135 Å². The van der Waals surface area contributed by atoms with E-state index in [2.05, 4.69) is 6.92 Å². The molecule has 0 fully saturated rings. The normalized spacial score (nSPS) is 15.4. The zero-order valence-electron chi connectivity index (χ0n) is 13.0. The molecule has 2 aromatic carbocycles. The second-order valence-corrected chi connectivity index (χ2v) is 5.62. The van der Waals surface area contributed by atoms with Crippen LogP contribution in [-0.2, 0) is 11.2 Å². The predicted octanol–water partition coefficient (Wildman–Crippen LogP) is 4.42. The van der Waals surface area contributed by atoms with Crippen molar-refractivity contribution in [2.45, 2.75) is 26.2 Å². The molecule has 3 rings (SSSR count). The first-order valence-electron chi connectivity index (χ1n) is 7.85. The Balaban J connectivity index is 1.94. The van der Waals surface area contributed by atoms with Crippen LogP contribution in [0, 0.1) is 0 Å². The number of allylic oxidation sites excluding steroid dienone is 1. The van der Waals surface area contributed by atoms with Gasteiger partial charge in [-0.1, -0.05) is 49.7 Å². The average Bonchev–Trinajstić information content (AvgIpc) is 2.58. The van der Waals surface area contributed by atoms with E-state index in [0.29, 0.717) is 11.1 Å². The number of hydrogen-bond donors (Lipinski definition) is 0. The van der Waals surface area contributed by atoms with Gasteiger partial charge in [0.25, 0.3) is 0 Å². The van der Waals surface area contributed by atoms with Gasteiger partial charge in [0.2, 0.25) is 5.78 Å². The quantitative estimate of drug-likeness (QED) is 0.620. The van der Waals surface area contributed by atoms with E-state index in [0.717, 1.165) is 30.4 Å². The fraction of sp³-hybridized carbons (Fsp3) is 0.200. The van der Waals surface area contributed by atoms with Gasteiger partial charge in [-0.25, -0.2) is 4.79 Å². The highest BCUT2D eigenvalue weighted by atomic mass is 16.5. The average molecular weight is 306 g/mol. The molecule has 0 N–H and O–H groups in total. The van der Waals surface area contributed by atoms with Crippen molar-refractivity contribution >= 4 is 17.8 Å². The van der Waals surface area contributed by atoms with Crippen molar-refractivity contribution in [2.24, 2.45) is 0 Å². The third-order valence-electron chi connectivity index (χ3n) is 3.89. The summed E-state index contributed by atoms with van der Waals surface area (Å²) in [7, 11) is 0. The minimum Gasteiger partial charge on any atom is -0.419 e. The molecule has 0 spiro atoms. The summed E-state index contributed by atoms with van der Waals surface area (Å²) >= 11 is 0. The van der Waals surface area contributed by atoms with Gasteiger partial charge in [-0.15, -0.1) is 0 Å². The number of hydrogen-bond acceptors (Lipinski definition) is 3. The Kier molecular flexibility index (Phi) is 4.38. The van der Waals surface area contributed by atoms with E-state index in [4.69, 9.17) is 4.74 Å². The van der Waals surface area contributed by atoms with Crippen molar-refractivity contribution in [2.75, 3.05) is 0 Å². The zero-order chi connectivity index (χ0) is 16.2. The standard InChI is InChI=1S/C20H18O3/c1-2-3-7-15-10-11-16-17(12-15)20(22)23-18(19(16)21)13-14-8-5-4-6-9-14/h4-6,8-13H,2-3,7H2,1H3/b18-13-. The van der Waals surface area contributed by atoms with Crippen molar-refractivity contribution in [3.63, 3.8) is 0 Å². The van der Waals surface area contributed by atoms with E-state index in [1.54, 1.807) is 18.2 Å². The molecule has 3 heteroatoms. The first kappa shape index (κ1) is 15.2. The molecular formula is C20H18O3. The van der Waals surface area contributed by atoms with Crippen molar-refractivity contribution in [3.05, 3.63) is 76.5 Å². The number of esters is 1. The van der Waals surface area contributed by atoms with Gasteiger partial charge in [0, 0.05) is 5.56 Å². The molecule has 0 radical (unpaired) electrons. The van der Waals surface area contributed by atoms with Gasteiger partial charge in [0.15, 0.2) is 5.76 Å². The summed E-state index contributed by atoms with van der Waals surface area (Å²) in [6.45, 7) is 2.12. The molecule has 2 aromatic rings. The number of rotatable bonds is 4. The van der Waals surface area contributed by atoms with Crippen LogP contribution >= 0.6 is 0 Å². The van der Waals surface area contributed by atoms with Gasteiger partial charge in [0.05, 0.1) is 5.56 Å². The number of carbonyl (C=O) groups excluding carboxylic acids is 2. The third kappa shape index (κ3) is 3.24. The van der Waals surface area contributed by atoms with E-state index in [9.17, 15) is 9.59 Å². The van der Waals surface area contributed by atoms with Crippen molar-refractivity contribution in [3.8, 4) is 0 Å². The van der Waals surface area contributed by atoms with E-state index in [1.165, 1.54) is 0 Å². The molecule has 0 aromatic heterocycles. The molecule has 0 atom stereocenters. The minimum absolute atomic E-state index is 0.0787. The molecule has 0 amide bonds. The van der Waals surface area contributed by atoms with E-state index in [-0.39, 0.29) is 11.5 Å². The Morgan fingerprint density at radius 1 is 1.00 bits per heavy atom. The van der Waals surface area contributed by atoms with Gasteiger partial charge in [-0.05, 0) is 42.2 Å². The maximum Gasteiger partial charge on any atom is 0.344 e. The zero-order valence-corrected chi connectivity index (χ0v) is 13.0. The van der Waals surface area contributed by atoms with E-state index >= 15 is 0 Å². The van der Waals surface area contributed by atoms with Crippen molar-refractivity contribution in [1.29, 1.82) is 0 Å². The van der Waals surface area contributed by atoms with Crippen LogP contribution in [0.5, 0.6) is 0 Å². The maximum absolute atomic E-state index is 12.5.